The summed E-state index contributed by atoms with van der Waals surface area (Å²) in [7, 11) is 0. The van der Waals surface area contributed by atoms with Crippen LogP contribution in [-0.2, 0) is 13.0 Å². The molecule has 0 aliphatic rings. The van der Waals surface area contributed by atoms with Gasteiger partial charge < -0.3 is 5.11 Å². The van der Waals surface area contributed by atoms with Gasteiger partial charge in [0.2, 0.25) is 0 Å². The standard InChI is InChI=1S/C22H26N4O2/c1-4-5-6-20-24-21(15(2)3)25-26(20)14-16-7-9-17(10-8-16)18-11-12-23-13-19(18)22(27)28/h7-13,15H,4-6,14H2,1-3H3,(H,27,28). The van der Waals surface area contributed by atoms with Crippen LogP contribution in [0.4, 0.5) is 0 Å². The van der Waals surface area contributed by atoms with Gasteiger partial charge in [-0.2, -0.15) is 5.10 Å². The summed E-state index contributed by atoms with van der Waals surface area (Å²) < 4.78 is 2.00. The van der Waals surface area contributed by atoms with Gasteiger partial charge in [0.25, 0.3) is 0 Å². The molecule has 0 unspecified atom stereocenters. The summed E-state index contributed by atoms with van der Waals surface area (Å²) in [6.45, 7) is 7.04. The number of hydrogen-bond donors (Lipinski definition) is 1. The fourth-order valence-electron chi connectivity index (χ4n) is 3.06. The summed E-state index contributed by atoms with van der Waals surface area (Å²) >= 11 is 0. The molecule has 28 heavy (non-hydrogen) atoms. The summed E-state index contributed by atoms with van der Waals surface area (Å²) in [5, 5.41) is 14.1. The van der Waals surface area contributed by atoms with Crippen molar-refractivity contribution in [3.63, 3.8) is 0 Å². The van der Waals surface area contributed by atoms with Crippen LogP contribution in [0.3, 0.4) is 0 Å². The molecule has 2 heterocycles. The molecular formula is C22H26N4O2. The van der Waals surface area contributed by atoms with Gasteiger partial charge in [0, 0.05) is 24.7 Å². The van der Waals surface area contributed by atoms with E-state index in [0.717, 1.165) is 42.0 Å². The number of aromatic nitrogens is 4. The number of benzene rings is 1. The Bertz CT molecular complexity index is 945. The fourth-order valence-corrected chi connectivity index (χ4v) is 3.06. The second kappa shape index (κ2) is 8.78. The number of aryl methyl sites for hydroxylation is 1. The van der Waals surface area contributed by atoms with Crippen molar-refractivity contribution in [1.82, 2.24) is 19.7 Å². The van der Waals surface area contributed by atoms with Crippen LogP contribution in [0.2, 0.25) is 0 Å². The molecule has 146 valence electrons. The number of hydrogen-bond acceptors (Lipinski definition) is 4. The van der Waals surface area contributed by atoms with Crippen LogP contribution in [-0.4, -0.2) is 30.8 Å². The van der Waals surface area contributed by atoms with Crippen molar-refractivity contribution in [1.29, 1.82) is 0 Å². The molecule has 0 amide bonds. The molecule has 6 nitrogen and oxygen atoms in total. The molecule has 3 aromatic rings. The van der Waals surface area contributed by atoms with E-state index in [0.29, 0.717) is 18.0 Å². The number of carboxylic acids is 1. The second-order valence-electron chi connectivity index (χ2n) is 7.23. The van der Waals surface area contributed by atoms with Gasteiger partial charge in [0.15, 0.2) is 5.82 Å². The van der Waals surface area contributed by atoms with Crippen LogP contribution in [0.15, 0.2) is 42.7 Å². The molecule has 1 aromatic carbocycles. The van der Waals surface area contributed by atoms with Crippen molar-refractivity contribution in [3.8, 4) is 11.1 Å². The smallest absolute Gasteiger partial charge is 0.337 e. The number of rotatable bonds is 8. The maximum absolute atomic E-state index is 11.4. The SMILES string of the molecule is CCCCc1nc(C(C)C)nn1Cc1ccc(-c2ccncc2C(=O)O)cc1. The monoisotopic (exact) mass is 378 g/mol. The molecule has 0 saturated heterocycles. The molecule has 1 N–H and O–H groups in total. The first-order valence-electron chi connectivity index (χ1n) is 9.69. The minimum Gasteiger partial charge on any atom is -0.478 e. The first-order chi connectivity index (χ1) is 13.5. The van der Waals surface area contributed by atoms with Gasteiger partial charge in [-0.3, -0.25) is 4.98 Å². The summed E-state index contributed by atoms with van der Waals surface area (Å²) in [4.78, 5) is 20.1. The molecule has 6 heteroatoms. The molecule has 3 rings (SSSR count). The molecule has 0 bridgehead atoms. The third kappa shape index (κ3) is 4.44. The van der Waals surface area contributed by atoms with Crippen LogP contribution >= 0.6 is 0 Å². The van der Waals surface area contributed by atoms with Crippen molar-refractivity contribution < 1.29 is 9.90 Å². The lowest BCUT2D eigenvalue weighted by Crippen LogP contribution is -2.07. The number of nitrogens with zero attached hydrogens (tertiary/aromatic N) is 4. The molecule has 0 saturated carbocycles. The maximum Gasteiger partial charge on any atom is 0.337 e. The Kier molecular flexibility index (Phi) is 6.19. The van der Waals surface area contributed by atoms with Crippen molar-refractivity contribution in [2.75, 3.05) is 0 Å². The molecule has 2 aromatic heterocycles. The van der Waals surface area contributed by atoms with E-state index < -0.39 is 5.97 Å². The number of unbranched alkanes of at least 4 members (excludes halogenated alkanes) is 1. The van der Waals surface area contributed by atoms with E-state index in [4.69, 9.17) is 10.1 Å². The van der Waals surface area contributed by atoms with Crippen LogP contribution < -0.4 is 0 Å². The van der Waals surface area contributed by atoms with Crippen molar-refractivity contribution in [3.05, 3.63) is 65.5 Å². The van der Waals surface area contributed by atoms with Gasteiger partial charge in [0.1, 0.15) is 5.82 Å². The molecule has 0 fully saturated rings. The first-order valence-corrected chi connectivity index (χ1v) is 9.69. The average molecular weight is 378 g/mol. The lowest BCUT2D eigenvalue weighted by Gasteiger charge is -2.09. The van der Waals surface area contributed by atoms with Crippen LogP contribution in [0.1, 0.15) is 67.1 Å². The average Bonchev–Trinajstić information content (AvgIpc) is 3.10. The minimum atomic E-state index is -0.975. The van der Waals surface area contributed by atoms with Gasteiger partial charge in [0.05, 0.1) is 12.1 Å². The minimum absolute atomic E-state index is 0.204. The van der Waals surface area contributed by atoms with Crippen molar-refractivity contribution >= 4 is 5.97 Å². The van der Waals surface area contributed by atoms with E-state index in [9.17, 15) is 9.90 Å². The van der Waals surface area contributed by atoms with Crippen LogP contribution in [0.5, 0.6) is 0 Å². The van der Waals surface area contributed by atoms with E-state index in [1.807, 2.05) is 28.9 Å². The first kappa shape index (κ1) is 19.7. The Labute approximate surface area is 165 Å². The zero-order chi connectivity index (χ0) is 20.1. The topological polar surface area (TPSA) is 80.9 Å². The normalized spacial score (nSPS) is 11.1. The zero-order valence-corrected chi connectivity index (χ0v) is 16.6. The Morgan fingerprint density at radius 3 is 2.57 bits per heavy atom. The molecule has 0 atom stereocenters. The molecular weight excluding hydrogens is 352 g/mol. The maximum atomic E-state index is 11.4. The van der Waals surface area contributed by atoms with E-state index in [1.165, 1.54) is 6.20 Å². The van der Waals surface area contributed by atoms with E-state index in [2.05, 4.69) is 25.8 Å². The zero-order valence-electron chi connectivity index (χ0n) is 16.6. The third-order valence-corrected chi connectivity index (χ3v) is 4.68. The molecule has 0 aliphatic carbocycles. The highest BCUT2D eigenvalue weighted by Crippen LogP contribution is 2.24. The molecule has 0 spiro atoms. The van der Waals surface area contributed by atoms with Gasteiger partial charge >= 0.3 is 5.97 Å². The number of carboxylic acid groups (broad SMARTS) is 1. The third-order valence-electron chi connectivity index (χ3n) is 4.68. The van der Waals surface area contributed by atoms with Crippen molar-refractivity contribution in [2.45, 2.75) is 52.5 Å². The van der Waals surface area contributed by atoms with E-state index in [-0.39, 0.29) is 5.56 Å². The summed E-state index contributed by atoms with van der Waals surface area (Å²) in [5.41, 5.74) is 2.83. The number of pyridine rings is 1. The molecule has 0 aliphatic heterocycles. The molecule has 0 radical (unpaired) electrons. The van der Waals surface area contributed by atoms with Gasteiger partial charge in [-0.15, -0.1) is 0 Å². The number of carbonyl (C=O) groups is 1. The quantitative estimate of drug-likeness (QED) is 0.622. The highest BCUT2D eigenvalue weighted by atomic mass is 16.4. The van der Waals surface area contributed by atoms with Gasteiger partial charge in [-0.1, -0.05) is 51.5 Å². The predicted molar refractivity (Wildman–Crippen MR) is 108 cm³/mol. The highest BCUT2D eigenvalue weighted by Gasteiger charge is 2.14. The van der Waals surface area contributed by atoms with E-state index in [1.54, 1.807) is 12.3 Å². The summed E-state index contributed by atoms with van der Waals surface area (Å²) in [5.74, 6) is 1.23. The van der Waals surface area contributed by atoms with Crippen molar-refractivity contribution in [2.24, 2.45) is 0 Å². The fraction of sp³-hybridized carbons (Fsp3) is 0.364. The summed E-state index contributed by atoms with van der Waals surface area (Å²) in [6, 6.07) is 9.66. The lowest BCUT2D eigenvalue weighted by atomic mass is 10.0. The summed E-state index contributed by atoms with van der Waals surface area (Å²) in [6.07, 6.45) is 6.13. The second-order valence-corrected chi connectivity index (χ2v) is 7.23. The Hall–Kier alpha value is -3.02. The Morgan fingerprint density at radius 1 is 1.18 bits per heavy atom. The van der Waals surface area contributed by atoms with Crippen LogP contribution in [0, 0.1) is 0 Å². The predicted octanol–water partition coefficient (Wildman–Crippen LogP) is 4.55. The Balaban J connectivity index is 1.84. The Morgan fingerprint density at radius 2 is 1.93 bits per heavy atom. The van der Waals surface area contributed by atoms with Gasteiger partial charge in [-0.05, 0) is 29.2 Å². The van der Waals surface area contributed by atoms with E-state index >= 15 is 0 Å². The largest absolute Gasteiger partial charge is 0.478 e. The highest BCUT2D eigenvalue weighted by molar-refractivity contribution is 5.95. The lowest BCUT2D eigenvalue weighted by molar-refractivity contribution is 0.0697. The number of aromatic carboxylic acids is 1. The van der Waals surface area contributed by atoms with Gasteiger partial charge in [-0.25, -0.2) is 14.5 Å². The van der Waals surface area contributed by atoms with Crippen LogP contribution in [0.25, 0.3) is 11.1 Å².